The third-order valence-corrected chi connectivity index (χ3v) is 3.87. The molecule has 1 rings (SSSR count). The molecule has 2 N–H and O–H groups in total. The van der Waals surface area contributed by atoms with Crippen molar-refractivity contribution in [2.75, 3.05) is 45.9 Å². The Balaban J connectivity index is 1.95. The number of piperidine rings is 1. The second-order valence-electron chi connectivity index (χ2n) is 6.29. The van der Waals surface area contributed by atoms with Crippen LogP contribution in [0.25, 0.3) is 0 Å². The fourth-order valence-corrected chi connectivity index (χ4v) is 3.08. The van der Waals surface area contributed by atoms with Gasteiger partial charge in [-0.15, -0.1) is 0 Å². The molecule has 2 unspecified atom stereocenters. The van der Waals surface area contributed by atoms with Gasteiger partial charge in [0.15, 0.2) is 0 Å². The number of ether oxygens (including phenoxy) is 1. The number of carbonyl (C=O) groups is 1. The third-order valence-electron chi connectivity index (χ3n) is 3.87. The van der Waals surface area contributed by atoms with Crippen molar-refractivity contribution in [1.82, 2.24) is 15.5 Å². The lowest BCUT2D eigenvalue weighted by molar-refractivity contribution is 0.139. The SMILES string of the molecule is CCOCCNC(=O)NCCCCN1CC(C)CC(C)C1. The molecule has 0 aliphatic carbocycles. The maximum absolute atomic E-state index is 11.5. The summed E-state index contributed by atoms with van der Waals surface area (Å²) < 4.78 is 5.16. The van der Waals surface area contributed by atoms with Crippen molar-refractivity contribution >= 4 is 6.03 Å². The molecule has 0 aromatic heterocycles. The van der Waals surface area contributed by atoms with Crippen LogP contribution < -0.4 is 10.6 Å². The first-order valence-electron chi connectivity index (χ1n) is 8.43. The largest absolute Gasteiger partial charge is 0.380 e. The smallest absolute Gasteiger partial charge is 0.314 e. The molecule has 1 aliphatic rings. The first kappa shape index (κ1) is 18.2. The van der Waals surface area contributed by atoms with Gasteiger partial charge in [0.05, 0.1) is 6.61 Å². The van der Waals surface area contributed by atoms with Crippen molar-refractivity contribution in [1.29, 1.82) is 0 Å². The van der Waals surface area contributed by atoms with E-state index in [1.54, 1.807) is 0 Å². The zero-order valence-electron chi connectivity index (χ0n) is 14.0. The Labute approximate surface area is 129 Å². The summed E-state index contributed by atoms with van der Waals surface area (Å²) in [5.74, 6) is 1.64. The van der Waals surface area contributed by atoms with E-state index in [0.717, 1.165) is 37.8 Å². The number of unbranched alkanes of at least 4 members (excludes halogenated alkanes) is 1. The van der Waals surface area contributed by atoms with E-state index in [1.807, 2.05) is 6.92 Å². The third kappa shape index (κ3) is 8.94. The van der Waals surface area contributed by atoms with Gasteiger partial charge in [-0.25, -0.2) is 4.79 Å². The Morgan fingerprint density at radius 1 is 1.14 bits per heavy atom. The molecule has 1 heterocycles. The average Bonchev–Trinajstić information content (AvgIpc) is 2.42. The molecule has 21 heavy (non-hydrogen) atoms. The van der Waals surface area contributed by atoms with E-state index in [1.165, 1.54) is 19.5 Å². The van der Waals surface area contributed by atoms with Crippen LogP contribution in [-0.4, -0.2) is 56.9 Å². The molecular weight excluding hydrogens is 266 g/mol. The van der Waals surface area contributed by atoms with Crippen LogP contribution in [0.15, 0.2) is 0 Å². The number of rotatable bonds is 9. The zero-order valence-corrected chi connectivity index (χ0v) is 14.0. The maximum atomic E-state index is 11.5. The number of hydrogen-bond donors (Lipinski definition) is 2. The minimum absolute atomic E-state index is 0.0880. The van der Waals surface area contributed by atoms with Gasteiger partial charge >= 0.3 is 6.03 Å². The average molecular weight is 299 g/mol. The lowest BCUT2D eigenvalue weighted by atomic mass is 9.92. The molecule has 1 fully saturated rings. The Bertz CT molecular complexity index is 277. The first-order chi connectivity index (χ1) is 10.1. The van der Waals surface area contributed by atoms with Gasteiger partial charge in [-0.2, -0.15) is 0 Å². The van der Waals surface area contributed by atoms with E-state index >= 15 is 0 Å². The highest BCUT2D eigenvalue weighted by molar-refractivity contribution is 5.73. The molecule has 0 saturated carbocycles. The molecule has 5 nitrogen and oxygen atoms in total. The predicted octanol–water partition coefficient (Wildman–Crippen LogP) is 2.08. The second-order valence-corrected chi connectivity index (χ2v) is 6.29. The van der Waals surface area contributed by atoms with Gasteiger partial charge in [-0.3, -0.25) is 0 Å². The molecule has 1 aliphatic heterocycles. The van der Waals surface area contributed by atoms with E-state index in [-0.39, 0.29) is 6.03 Å². The summed E-state index contributed by atoms with van der Waals surface area (Å²) in [4.78, 5) is 14.0. The van der Waals surface area contributed by atoms with Crippen LogP contribution in [0.4, 0.5) is 4.79 Å². The summed E-state index contributed by atoms with van der Waals surface area (Å²) in [6.07, 6.45) is 3.55. The van der Waals surface area contributed by atoms with Crippen molar-refractivity contribution in [3.8, 4) is 0 Å². The number of amides is 2. The normalized spacial score (nSPS) is 23.0. The van der Waals surface area contributed by atoms with Crippen molar-refractivity contribution < 1.29 is 9.53 Å². The molecule has 0 aromatic rings. The molecule has 0 bridgehead atoms. The highest BCUT2D eigenvalue weighted by Crippen LogP contribution is 2.20. The van der Waals surface area contributed by atoms with Crippen molar-refractivity contribution in [2.24, 2.45) is 11.8 Å². The minimum Gasteiger partial charge on any atom is -0.380 e. The van der Waals surface area contributed by atoms with E-state index in [9.17, 15) is 4.79 Å². The summed E-state index contributed by atoms with van der Waals surface area (Å²) >= 11 is 0. The highest BCUT2D eigenvalue weighted by Gasteiger charge is 2.20. The first-order valence-corrected chi connectivity index (χ1v) is 8.43. The Morgan fingerprint density at radius 2 is 1.81 bits per heavy atom. The molecule has 124 valence electrons. The van der Waals surface area contributed by atoms with Crippen LogP contribution in [0.3, 0.4) is 0 Å². The number of nitrogens with zero attached hydrogens (tertiary/aromatic N) is 1. The van der Waals surface area contributed by atoms with Crippen molar-refractivity contribution in [2.45, 2.75) is 40.0 Å². The molecule has 1 saturated heterocycles. The number of hydrogen-bond acceptors (Lipinski definition) is 3. The van der Waals surface area contributed by atoms with Crippen LogP contribution in [0.5, 0.6) is 0 Å². The molecule has 0 radical (unpaired) electrons. The number of carbonyl (C=O) groups excluding carboxylic acids is 1. The number of likely N-dealkylation sites (tertiary alicyclic amines) is 1. The monoisotopic (exact) mass is 299 g/mol. The number of nitrogens with one attached hydrogen (secondary N) is 2. The fourth-order valence-electron chi connectivity index (χ4n) is 3.08. The fraction of sp³-hybridized carbons (Fsp3) is 0.938. The molecule has 0 aromatic carbocycles. The Morgan fingerprint density at radius 3 is 2.48 bits per heavy atom. The maximum Gasteiger partial charge on any atom is 0.314 e. The second kappa shape index (κ2) is 10.9. The van der Waals surface area contributed by atoms with Gasteiger partial charge in [0.2, 0.25) is 0 Å². The van der Waals surface area contributed by atoms with E-state index in [2.05, 4.69) is 29.4 Å². The zero-order chi connectivity index (χ0) is 15.5. The van der Waals surface area contributed by atoms with Gasteiger partial charge in [0, 0.05) is 32.8 Å². The van der Waals surface area contributed by atoms with Crippen LogP contribution in [-0.2, 0) is 4.74 Å². The minimum atomic E-state index is -0.0880. The van der Waals surface area contributed by atoms with Crippen molar-refractivity contribution in [3.05, 3.63) is 0 Å². The number of urea groups is 1. The van der Waals surface area contributed by atoms with Gasteiger partial charge in [0.25, 0.3) is 0 Å². The molecule has 5 heteroatoms. The molecular formula is C16H33N3O2. The van der Waals surface area contributed by atoms with Crippen molar-refractivity contribution in [3.63, 3.8) is 0 Å². The van der Waals surface area contributed by atoms with Gasteiger partial charge in [0.1, 0.15) is 0 Å². The van der Waals surface area contributed by atoms with Crippen LogP contribution in [0.2, 0.25) is 0 Å². The highest BCUT2D eigenvalue weighted by atomic mass is 16.5. The van der Waals surface area contributed by atoms with Crippen LogP contribution in [0.1, 0.15) is 40.0 Å². The van der Waals surface area contributed by atoms with Crippen LogP contribution in [0, 0.1) is 11.8 Å². The summed E-state index contributed by atoms with van der Waals surface area (Å²) in [6, 6.07) is -0.0880. The van der Waals surface area contributed by atoms with E-state index < -0.39 is 0 Å². The standard InChI is InChI=1S/C16H33N3O2/c1-4-21-10-8-18-16(20)17-7-5-6-9-19-12-14(2)11-15(3)13-19/h14-15H,4-13H2,1-3H3,(H2,17,18,20). The van der Waals surface area contributed by atoms with E-state index in [0.29, 0.717) is 19.8 Å². The summed E-state index contributed by atoms with van der Waals surface area (Å²) in [7, 11) is 0. The van der Waals surface area contributed by atoms with Gasteiger partial charge in [-0.05, 0) is 44.6 Å². The van der Waals surface area contributed by atoms with Crippen LogP contribution >= 0.6 is 0 Å². The predicted molar refractivity (Wildman–Crippen MR) is 86.5 cm³/mol. The van der Waals surface area contributed by atoms with Gasteiger partial charge < -0.3 is 20.3 Å². The molecule has 2 amide bonds. The summed E-state index contributed by atoms with van der Waals surface area (Å²) in [5.41, 5.74) is 0. The summed E-state index contributed by atoms with van der Waals surface area (Å²) in [6.45, 7) is 12.8. The molecule has 2 atom stereocenters. The Hall–Kier alpha value is -0.810. The Kier molecular flexibility index (Phi) is 9.42. The lowest BCUT2D eigenvalue weighted by Gasteiger charge is -2.34. The van der Waals surface area contributed by atoms with E-state index in [4.69, 9.17) is 4.74 Å². The van der Waals surface area contributed by atoms with Gasteiger partial charge in [-0.1, -0.05) is 13.8 Å². The molecule has 0 spiro atoms. The quantitative estimate of drug-likeness (QED) is 0.641. The summed E-state index contributed by atoms with van der Waals surface area (Å²) in [5, 5.41) is 5.67. The topological polar surface area (TPSA) is 53.6 Å². The lowest BCUT2D eigenvalue weighted by Crippen LogP contribution is -2.40.